The van der Waals surface area contributed by atoms with Crippen molar-refractivity contribution in [3.05, 3.63) is 64.4 Å². The Bertz CT molecular complexity index is 932. The largest absolute Gasteiger partial charge is 0.348 e. The lowest BCUT2D eigenvalue weighted by molar-refractivity contribution is -0.122. The van der Waals surface area contributed by atoms with Gasteiger partial charge in [-0.3, -0.25) is 9.10 Å². The molecular formula is C19H22ClFN2O3S. The van der Waals surface area contributed by atoms with Crippen molar-refractivity contribution in [2.24, 2.45) is 0 Å². The van der Waals surface area contributed by atoms with Gasteiger partial charge in [0.25, 0.3) is 0 Å². The Balaban J connectivity index is 2.26. The van der Waals surface area contributed by atoms with E-state index in [2.05, 4.69) is 5.32 Å². The van der Waals surface area contributed by atoms with Crippen molar-refractivity contribution in [3.8, 4) is 0 Å². The van der Waals surface area contributed by atoms with Crippen LogP contribution in [0.15, 0.2) is 42.5 Å². The van der Waals surface area contributed by atoms with E-state index in [4.69, 9.17) is 11.6 Å². The number of hydrogen-bond donors (Lipinski definition) is 1. The lowest BCUT2D eigenvalue weighted by Gasteiger charge is -2.29. The van der Waals surface area contributed by atoms with E-state index in [0.717, 1.165) is 16.1 Å². The first kappa shape index (κ1) is 21.2. The molecule has 1 N–H and O–H groups in total. The molecule has 8 heteroatoms. The van der Waals surface area contributed by atoms with Gasteiger partial charge >= 0.3 is 0 Å². The molecule has 0 aliphatic carbocycles. The Morgan fingerprint density at radius 1 is 1.15 bits per heavy atom. The predicted octanol–water partition coefficient (Wildman–Crippen LogP) is 3.82. The summed E-state index contributed by atoms with van der Waals surface area (Å²) in [4.78, 5) is 12.7. The van der Waals surface area contributed by atoms with E-state index in [9.17, 15) is 17.6 Å². The highest BCUT2D eigenvalue weighted by Crippen LogP contribution is 2.27. The summed E-state index contributed by atoms with van der Waals surface area (Å²) < 4.78 is 38.7. The van der Waals surface area contributed by atoms with Crippen LogP contribution in [0.25, 0.3) is 0 Å². The highest BCUT2D eigenvalue weighted by atomic mass is 35.5. The zero-order valence-electron chi connectivity index (χ0n) is 15.5. The molecule has 0 saturated carbocycles. The number of carbonyl (C=O) groups is 1. The molecule has 2 aromatic rings. The van der Waals surface area contributed by atoms with Gasteiger partial charge in [-0.15, -0.1) is 0 Å². The molecule has 146 valence electrons. The van der Waals surface area contributed by atoms with Crippen LogP contribution >= 0.6 is 11.6 Å². The van der Waals surface area contributed by atoms with Gasteiger partial charge < -0.3 is 5.32 Å². The fourth-order valence-electron chi connectivity index (χ4n) is 2.70. The Hall–Kier alpha value is -2.12. The minimum absolute atomic E-state index is 0.310. The zero-order valence-corrected chi connectivity index (χ0v) is 17.1. The smallest absolute Gasteiger partial charge is 0.244 e. The zero-order chi connectivity index (χ0) is 20.4. The van der Waals surface area contributed by atoms with Gasteiger partial charge in [-0.25, -0.2) is 12.8 Å². The van der Waals surface area contributed by atoms with Crippen LogP contribution in [0.5, 0.6) is 0 Å². The monoisotopic (exact) mass is 412 g/mol. The molecule has 1 amide bonds. The Morgan fingerprint density at radius 2 is 1.74 bits per heavy atom. The fourth-order valence-corrected chi connectivity index (χ4v) is 4.04. The third kappa shape index (κ3) is 5.20. The van der Waals surface area contributed by atoms with Crippen molar-refractivity contribution >= 4 is 33.2 Å². The van der Waals surface area contributed by atoms with Crippen molar-refractivity contribution in [1.82, 2.24) is 5.32 Å². The number of anilines is 1. The first-order valence-corrected chi connectivity index (χ1v) is 10.5. The van der Waals surface area contributed by atoms with Crippen LogP contribution in [0.2, 0.25) is 5.02 Å². The third-order valence-corrected chi connectivity index (χ3v) is 5.88. The number of sulfonamides is 1. The number of benzene rings is 2. The van der Waals surface area contributed by atoms with E-state index in [0.29, 0.717) is 16.3 Å². The maximum atomic E-state index is 13.1. The Morgan fingerprint density at radius 3 is 2.26 bits per heavy atom. The first-order valence-electron chi connectivity index (χ1n) is 8.32. The molecule has 2 aromatic carbocycles. The van der Waals surface area contributed by atoms with E-state index in [1.165, 1.54) is 25.1 Å². The van der Waals surface area contributed by atoms with Crippen LogP contribution in [-0.2, 0) is 14.8 Å². The van der Waals surface area contributed by atoms with E-state index in [1.807, 2.05) is 0 Å². The van der Waals surface area contributed by atoms with Gasteiger partial charge in [0.05, 0.1) is 18.0 Å². The molecule has 0 spiro atoms. The Kier molecular flexibility index (Phi) is 6.49. The van der Waals surface area contributed by atoms with Gasteiger partial charge in [0, 0.05) is 5.02 Å². The van der Waals surface area contributed by atoms with Crippen LogP contribution in [0.3, 0.4) is 0 Å². The first-order chi connectivity index (χ1) is 12.5. The summed E-state index contributed by atoms with van der Waals surface area (Å²) in [5, 5.41) is 3.17. The molecule has 2 rings (SSSR count). The van der Waals surface area contributed by atoms with Crippen LogP contribution in [0.4, 0.5) is 10.1 Å². The second kappa shape index (κ2) is 8.27. The molecule has 0 aliphatic rings. The molecule has 0 fully saturated rings. The average molecular weight is 413 g/mol. The average Bonchev–Trinajstić information content (AvgIpc) is 2.57. The molecule has 27 heavy (non-hydrogen) atoms. The number of hydrogen-bond acceptors (Lipinski definition) is 3. The van der Waals surface area contributed by atoms with Gasteiger partial charge in [0.15, 0.2) is 0 Å². The number of aryl methyl sites for hydroxylation is 1. The summed E-state index contributed by atoms with van der Waals surface area (Å²) in [6.07, 6.45) is 1.04. The van der Waals surface area contributed by atoms with Crippen LogP contribution in [-0.4, -0.2) is 26.6 Å². The topological polar surface area (TPSA) is 66.5 Å². The SMILES string of the molecule is Cc1ccc(N(C(C)C(=O)NC(C)c2ccc(F)cc2)S(C)(=O)=O)cc1Cl. The molecule has 5 nitrogen and oxygen atoms in total. The van der Waals surface area contributed by atoms with Gasteiger partial charge in [0.2, 0.25) is 15.9 Å². The summed E-state index contributed by atoms with van der Waals surface area (Å²) in [6, 6.07) is 9.15. The molecule has 0 aromatic heterocycles. The maximum Gasteiger partial charge on any atom is 0.244 e. The highest BCUT2D eigenvalue weighted by molar-refractivity contribution is 7.92. The van der Waals surface area contributed by atoms with E-state index >= 15 is 0 Å². The molecule has 0 bridgehead atoms. The fraction of sp³-hybridized carbons (Fsp3) is 0.316. The maximum absolute atomic E-state index is 13.1. The second-order valence-corrected chi connectivity index (χ2v) is 8.72. The number of nitrogens with one attached hydrogen (secondary N) is 1. The summed E-state index contributed by atoms with van der Waals surface area (Å²) in [5.74, 6) is -0.848. The second-order valence-electron chi connectivity index (χ2n) is 6.45. The molecule has 2 atom stereocenters. The standard InChI is InChI=1S/C19H22ClFN2O3S/c1-12-5-10-17(11-18(12)20)23(27(4,25)26)14(3)19(24)22-13(2)15-6-8-16(21)9-7-15/h5-11,13-14H,1-4H3,(H,22,24). The van der Waals surface area contributed by atoms with Crippen LogP contribution < -0.4 is 9.62 Å². The van der Waals surface area contributed by atoms with Gasteiger partial charge in [-0.1, -0.05) is 29.8 Å². The summed E-state index contributed by atoms with van der Waals surface area (Å²) in [6.45, 7) is 5.05. The van der Waals surface area contributed by atoms with Crippen LogP contribution in [0, 0.1) is 12.7 Å². The van der Waals surface area contributed by atoms with Crippen molar-refractivity contribution < 1.29 is 17.6 Å². The quantitative estimate of drug-likeness (QED) is 0.784. The van der Waals surface area contributed by atoms with E-state index in [-0.39, 0.29) is 5.82 Å². The number of halogens is 2. The van der Waals surface area contributed by atoms with E-state index in [1.54, 1.807) is 38.1 Å². The summed E-state index contributed by atoms with van der Waals surface area (Å²) >= 11 is 6.12. The molecule has 0 heterocycles. The minimum atomic E-state index is -3.73. The van der Waals surface area contributed by atoms with Gasteiger partial charge in [0.1, 0.15) is 11.9 Å². The normalized spacial score (nSPS) is 13.7. The van der Waals surface area contributed by atoms with Crippen LogP contribution in [0.1, 0.15) is 31.0 Å². The lowest BCUT2D eigenvalue weighted by atomic mass is 10.1. The number of amides is 1. The van der Waals surface area contributed by atoms with Gasteiger partial charge in [-0.05, 0) is 56.2 Å². The number of carbonyl (C=O) groups excluding carboxylic acids is 1. The van der Waals surface area contributed by atoms with Crippen molar-refractivity contribution in [2.75, 3.05) is 10.6 Å². The Labute approximate surface area is 164 Å². The molecule has 0 radical (unpaired) electrons. The van der Waals surface area contributed by atoms with E-state index < -0.39 is 28.0 Å². The predicted molar refractivity (Wildman–Crippen MR) is 106 cm³/mol. The number of nitrogens with zero attached hydrogens (tertiary/aromatic N) is 1. The minimum Gasteiger partial charge on any atom is -0.348 e. The molecular weight excluding hydrogens is 391 g/mol. The van der Waals surface area contributed by atoms with Crippen molar-refractivity contribution in [3.63, 3.8) is 0 Å². The molecule has 0 saturated heterocycles. The third-order valence-electron chi connectivity index (χ3n) is 4.23. The summed E-state index contributed by atoms with van der Waals surface area (Å²) in [7, 11) is -3.73. The van der Waals surface area contributed by atoms with Crippen molar-refractivity contribution in [1.29, 1.82) is 0 Å². The highest BCUT2D eigenvalue weighted by Gasteiger charge is 2.30. The number of rotatable bonds is 6. The lowest BCUT2D eigenvalue weighted by Crippen LogP contribution is -2.48. The summed E-state index contributed by atoms with van der Waals surface area (Å²) in [5.41, 5.74) is 1.82. The molecule has 0 aliphatic heterocycles. The van der Waals surface area contributed by atoms with Crippen molar-refractivity contribution in [2.45, 2.75) is 32.9 Å². The molecule has 2 unspecified atom stereocenters. The van der Waals surface area contributed by atoms with Gasteiger partial charge in [-0.2, -0.15) is 0 Å².